The lowest BCUT2D eigenvalue weighted by Crippen LogP contribution is -2.40. The molecule has 5 nitrogen and oxygen atoms in total. The highest BCUT2D eigenvalue weighted by molar-refractivity contribution is 6.35. The van der Waals surface area contributed by atoms with E-state index in [0.29, 0.717) is 38.3 Å². The van der Waals surface area contributed by atoms with Crippen LogP contribution in [0, 0.1) is 0 Å². The molecule has 1 amide bonds. The number of para-hydroxylation sites is 1. The van der Waals surface area contributed by atoms with Crippen molar-refractivity contribution in [3.63, 3.8) is 0 Å². The summed E-state index contributed by atoms with van der Waals surface area (Å²) in [7, 11) is 1.76. The molecule has 1 saturated carbocycles. The number of nitrogens with zero attached hydrogens (tertiary/aromatic N) is 3. The number of hydrogen-bond donors (Lipinski definition) is 1. The maximum atomic E-state index is 13.2. The molecule has 1 N–H and O–H groups in total. The number of benzene rings is 2. The van der Waals surface area contributed by atoms with Crippen molar-refractivity contribution in [1.82, 2.24) is 15.2 Å². The van der Waals surface area contributed by atoms with Crippen molar-refractivity contribution >= 4 is 46.4 Å². The van der Waals surface area contributed by atoms with Gasteiger partial charge in [0.25, 0.3) is 5.91 Å². The van der Waals surface area contributed by atoms with Crippen LogP contribution in [0.5, 0.6) is 0 Å². The van der Waals surface area contributed by atoms with E-state index in [1.807, 2.05) is 28.9 Å². The average molecular weight is 462 g/mol. The number of nitrogens with one attached hydrogen (secondary N) is 1. The summed E-state index contributed by atoms with van der Waals surface area (Å²) in [5.74, 6) is 0.494. The summed E-state index contributed by atoms with van der Waals surface area (Å²) in [6, 6.07) is 12.7. The van der Waals surface area contributed by atoms with Crippen molar-refractivity contribution in [2.24, 2.45) is 0 Å². The van der Waals surface area contributed by atoms with Crippen LogP contribution >= 0.6 is 34.8 Å². The fraction of sp³-hybridized carbons (Fsp3) is 0.273. The Kier molecular flexibility index (Phi) is 4.92. The van der Waals surface area contributed by atoms with Crippen molar-refractivity contribution in [2.45, 2.75) is 31.1 Å². The Morgan fingerprint density at radius 2 is 1.87 bits per heavy atom. The lowest BCUT2D eigenvalue weighted by atomic mass is 9.95. The number of halogens is 3. The number of rotatable bonds is 4. The van der Waals surface area contributed by atoms with Gasteiger partial charge in [0.15, 0.2) is 5.69 Å². The van der Waals surface area contributed by atoms with Crippen LogP contribution in [0.3, 0.4) is 0 Å². The van der Waals surface area contributed by atoms with Gasteiger partial charge in [0.2, 0.25) is 0 Å². The molecular formula is C22H19Cl3N4O. The highest BCUT2D eigenvalue weighted by atomic mass is 35.5. The predicted molar refractivity (Wildman–Crippen MR) is 120 cm³/mol. The number of hydrogen-bond acceptors (Lipinski definition) is 3. The summed E-state index contributed by atoms with van der Waals surface area (Å²) >= 11 is 18.8. The molecule has 2 aliphatic rings. The van der Waals surface area contributed by atoms with Gasteiger partial charge in [-0.15, -0.1) is 0 Å². The van der Waals surface area contributed by atoms with E-state index in [2.05, 4.69) is 5.43 Å². The van der Waals surface area contributed by atoms with E-state index in [4.69, 9.17) is 39.9 Å². The van der Waals surface area contributed by atoms with Crippen LogP contribution in [0.4, 0.5) is 5.69 Å². The first-order chi connectivity index (χ1) is 14.4. The van der Waals surface area contributed by atoms with E-state index in [1.54, 1.807) is 30.3 Å². The number of aromatic nitrogens is 2. The lowest BCUT2D eigenvalue weighted by Gasteiger charge is -2.21. The average Bonchev–Trinajstić information content (AvgIpc) is 3.41. The number of anilines is 1. The quantitative estimate of drug-likeness (QED) is 0.486. The van der Waals surface area contributed by atoms with Crippen molar-refractivity contribution in [3.8, 4) is 5.69 Å². The molecule has 30 heavy (non-hydrogen) atoms. The Balaban J connectivity index is 1.54. The molecule has 1 aromatic heterocycles. The van der Waals surface area contributed by atoms with Crippen LogP contribution in [0.15, 0.2) is 42.5 Å². The second-order valence-electron chi connectivity index (χ2n) is 7.81. The molecule has 3 aromatic rings. The van der Waals surface area contributed by atoms with E-state index in [0.717, 1.165) is 36.2 Å². The molecule has 2 unspecified atom stereocenters. The Morgan fingerprint density at radius 1 is 1.10 bits per heavy atom. The molecule has 0 radical (unpaired) electrons. The van der Waals surface area contributed by atoms with Gasteiger partial charge in [-0.2, -0.15) is 5.10 Å². The maximum absolute atomic E-state index is 13.2. The summed E-state index contributed by atoms with van der Waals surface area (Å²) in [6.45, 7) is 0. The summed E-state index contributed by atoms with van der Waals surface area (Å²) in [6.07, 6.45) is 3.24. The fourth-order valence-electron chi connectivity index (χ4n) is 4.72. The Labute approximate surface area is 189 Å². The Morgan fingerprint density at radius 3 is 2.63 bits per heavy atom. The summed E-state index contributed by atoms with van der Waals surface area (Å²) < 4.78 is 1.84. The van der Waals surface area contributed by atoms with Crippen LogP contribution in [0.1, 0.15) is 52.8 Å². The van der Waals surface area contributed by atoms with Gasteiger partial charge in [-0.25, -0.2) is 4.68 Å². The summed E-state index contributed by atoms with van der Waals surface area (Å²) in [5, 5.41) is 7.98. The zero-order valence-corrected chi connectivity index (χ0v) is 18.5. The van der Waals surface area contributed by atoms with E-state index >= 15 is 0 Å². The second-order valence-corrected chi connectivity index (χ2v) is 9.06. The molecular weight excluding hydrogens is 443 g/mol. The minimum Gasteiger partial charge on any atom is -0.287 e. The standard InChI is InChI=1S/C22H19Cl3N4O/c1-28(17-5-3-2-4-15(17)24)27-22(30)20-19-12-6-7-13(10-12)21(19)29(26-20)18-9-8-14(23)11-16(18)25/h2-5,8-9,11-13H,6-7,10H2,1H3,(H,27,30). The smallest absolute Gasteiger partial charge is 0.287 e. The first kappa shape index (κ1) is 19.7. The molecule has 154 valence electrons. The van der Waals surface area contributed by atoms with E-state index in [9.17, 15) is 4.79 Å². The minimum absolute atomic E-state index is 0.259. The predicted octanol–water partition coefficient (Wildman–Crippen LogP) is 5.98. The van der Waals surface area contributed by atoms with Crippen LogP contribution in [0.2, 0.25) is 15.1 Å². The van der Waals surface area contributed by atoms with Crippen molar-refractivity contribution < 1.29 is 4.79 Å². The van der Waals surface area contributed by atoms with E-state index in [-0.39, 0.29) is 5.91 Å². The third-order valence-corrected chi connectivity index (χ3v) is 6.88. The monoisotopic (exact) mass is 460 g/mol. The Hall–Kier alpha value is -2.21. The van der Waals surface area contributed by atoms with Gasteiger partial charge >= 0.3 is 0 Å². The highest BCUT2D eigenvalue weighted by Crippen LogP contribution is 2.54. The van der Waals surface area contributed by atoms with Gasteiger partial charge in [0.05, 0.1) is 27.1 Å². The summed E-state index contributed by atoms with van der Waals surface area (Å²) in [4.78, 5) is 13.2. The van der Waals surface area contributed by atoms with Crippen LogP contribution in [-0.2, 0) is 0 Å². The van der Waals surface area contributed by atoms with Gasteiger partial charge in [-0.05, 0) is 55.5 Å². The second kappa shape index (κ2) is 7.49. The van der Waals surface area contributed by atoms with E-state index in [1.165, 1.54) is 0 Å². The third kappa shape index (κ3) is 3.16. The minimum atomic E-state index is -0.259. The zero-order valence-electron chi connectivity index (χ0n) is 16.2. The summed E-state index contributed by atoms with van der Waals surface area (Å²) in [5.41, 5.74) is 6.95. The molecule has 5 rings (SSSR count). The van der Waals surface area contributed by atoms with E-state index < -0.39 is 0 Å². The molecule has 2 aromatic carbocycles. The number of fused-ring (bicyclic) bond motifs is 5. The van der Waals surface area contributed by atoms with Crippen molar-refractivity contribution in [1.29, 1.82) is 0 Å². The normalized spacial score (nSPS) is 19.1. The van der Waals surface area contributed by atoms with Gasteiger partial charge < -0.3 is 0 Å². The topological polar surface area (TPSA) is 50.2 Å². The number of carbonyl (C=O) groups excluding carboxylic acids is 1. The molecule has 1 fully saturated rings. The SMILES string of the molecule is CN(NC(=O)c1nn(-c2ccc(Cl)cc2Cl)c2c1C1CCC2C1)c1ccccc1Cl. The fourth-order valence-corrected chi connectivity index (χ4v) is 5.48. The molecule has 0 aliphatic heterocycles. The molecule has 0 spiro atoms. The van der Waals surface area contributed by atoms with Gasteiger partial charge in [0, 0.05) is 23.6 Å². The molecule has 0 saturated heterocycles. The first-order valence-electron chi connectivity index (χ1n) is 9.81. The molecule has 1 heterocycles. The Bertz CT molecular complexity index is 1160. The van der Waals surface area contributed by atoms with Crippen molar-refractivity contribution in [3.05, 3.63) is 74.5 Å². The molecule has 8 heteroatoms. The third-order valence-electron chi connectivity index (χ3n) is 6.02. The molecule has 2 aliphatic carbocycles. The zero-order chi connectivity index (χ0) is 21.0. The van der Waals surface area contributed by atoms with Gasteiger partial charge in [-0.1, -0.05) is 46.9 Å². The highest BCUT2D eigenvalue weighted by Gasteiger charge is 2.44. The number of amides is 1. The van der Waals surface area contributed by atoms with Crippen molar-refractivity contribution in [2.75, 3.05) is 12.1 Å². The largest absolute Gasteiger partial charge is 0.290 e. The molecule has 2 atom stereocenters. The molecule has 2 bridgehead atoms. The van der Waals surface area contributed by atoms with Crippen LogP contribution < -0.4 is 10.4 Å². The number of hydrazine groups is 1. The first-order valence-corrected chi connectivity index (χ1v) is 10.9. The maximum Gasteiger partial charge on any atom is 0.290 e. The van der Waals surface area contributed by atoms with Gasteiger partial charge in [-0.3, -0.25) is 15.2 Å². The van der Waals surface area contributed by atoms with Crippen LogP contribution in [-0.4, -0.2) is 22.7 Å². The number of carbonyl (C=O) groups is 1. The van der Waals surface area contributed by atoms with Gasteiger partial charge in [0.1, 0.15) is 0 Å². The van der Waals surface area contributed by atoms with Crippen LogP contribution in [0.25, 0.3) is 5.69 Å². The lowest BCUT2D eigenvalue weighted by molar-refractivity contribution is 0.0944.